The second kappa shape index (κ2) is 12.3. The average molecular weight is 404 g/mol. The van der Waals surface area contributed by atoms with Crippen LogP contribution in [0.1, 0.15) is 25.0 Å². The molecule has 0 fully saturated rings. The SMILES string of the molecule is C=CCOC(C(=O)OCCN(CC)CC)(c1ccccc1)c1ccccc1.Cl. The fourth-order valence-electron chi connectivity index (χ4n) is 3.07. The molecule has 0 bridgehead atoms. The Labute approximate surface area is 174 Å². The number of rotatable bonds is 11. The molecule has 0 aliphatic carbocycles. The van der Waals surface area contributed by atoms with Gasteiger partial charge in [-0.25, -0.2) is 4.79 Å². The van der Waals surface area contributed by atoms with Crippen molar-refractivity contribution in [1.82, 2.24) is 4.90 Å². The van der Waals surface area contributed by atoms with Gasteiger partial charge in [0.15, 0.2) is 0 Å². The molecule has 0 spiro atoms. The summed E-state index contributed by atoms with van der Waals surface area (Å²) in [4.78, 5) is 15.5. The summed E-state index contributed by atoms with van der Waals surface area (Å²) in [5, 5.41) is 0. The van der Waals surface area contributed by atoms with Gasteiger partial charge in [-0.3, -0.25) is 0 Å². The van der Waals surface area contributed by atoms with E-state index < -0.39 is 11.6 Å². The Morgan fingerprint density at radius 3 is 1.93 bits per heavy atom. The standard InChI is InChI=1S/C23H29NO3.ClH/c1-4-18-27-23(20-13-9-7-10-14-20,21-15-11-8-12-16-21)22(25)26-19-17-24(5-2)6-3;/h4,7-16H,1,5-6,17-19H2,2-3H3;1H. The quantitative estimate of drug-likeness (QED) is 0.410. The van der Waals surface area contributed by atoms with Gasteiger partial charge in [0.25, 0.3) is 0 Å². The zero-order valence-electron chi connectivity index (χ0n) is 16.7. The maximum absolute atomic E-state index is 13.3. The van der Waals surface area contributed by atoms with Crippen LogP contribution in [0, 0.1) is 0 Å². The number of hydrogen-bond donors (Lipinski definition) is 0. The van der Waals surface area contributed by atoms with E-state index in [0.717, 1.165) is 24.2 Å². The fourth-order valence-corrected chi connectivity index (χ4v) is 3.07. The molecule has 2 aromatic carbocycles. The minimum Gasteiger partial charge on any atom is -0.462 e. The van der Waals surface area contributed by atoms with Gasteiger partial charge in [0.2, 0.25) is 5.60 Å². The highest BCUT2D eigenvalue weighted by Crippen LogP contribution is 2.35. The van der Waals surface area contributed by atoms with Crippen LogP contribution in [0.2, 0.25) is 0 Å². The van der Waals surface area contributed by atoms with Crippen molar-refractivity contribution in [3.63, 3.8) is 0 Å². The first kappa shape index (κ1) is 23.9. The molecule has 0 saturated heterocycles. The van der Waals surface area contributed by atoms with E-state index >= 15 is 0 Å². The molecule has 2 rings (SSSR count). The molecule has 0 N–H and O–H groups in total. The van der Waals surface area contributed by atoms with Crippen LogP contribution in [0.3, 0.4) is 0 Å². The summed E-state index contributed by atoms with van der Waals surface area (Å²) >= 11 is 0. The van der Waals surface area contributed by atoms with Gasteiger partial charge in [0, 0.05) is 6.54 Å². The Kier molecular flexibility index (Phi) is 10.5. The lowest BCUT2D eigenvalue weighted by molar-refractivity contribution is -0.167. The van der Waals surface area contributed by atoms with Gasteiger partial charge in [0.05, 0.1) is 6.61 Å². The maximum Gasteiger partial charge on any atom is 0.347 e. The van der Waals surface area contributed by atoms with Gasteiger partial charge in [0.1, 0.15) is 6.61 Å². The van der Waals surface area contributed by atoms with Crippen LogP contribution in [-0.4, -0.2) is 43.7 Å². The van der Waals surface area contributed by atoms with Crippen LogP contribution in [0.5, 0.6) is 0 Å². The van der Waals surface area contributed by atoms with E-state index in [1.165, 1.54) is 0 Å². The monoisotopic (exact) mass is 403 g/mol. The highest BCUT2D eigenvalue weighted by atomic mass is 35.5. The molecule has 0 aliphatic rings. The highest BCUT2D eigenvalue weighted by molar-refractivity contribution is 5.86. The number of hydrogen-bond acceptors (Lipinski definition) is 4. The molecule has 0 unspecified atom stereocenters. The molecule has 0 aliphatic heterocycles. The molecular formula is C23H30ClNO3. The van der Waals surface area contributed by atoms with Gasteiger partial charge in [-0.2, -0.15) is 0 Å². The van der Waals surface area contributed by atoms with E-state index in [9.17, 15) is 4.79 Å². The van der Waals surface area contributed by atoms with Crippen molar-refractivity contribution in [3.8, 4) is 0 Å². The normalized spacial score (nSPS) is 11.0. The van der Waals surface area contributed by atoms with Crippen molar-refractivity contribution < 1.29 is 14.3 Å². The first-order valence-corrected chi connectivity index (χ1v) is 9.44. The van der Waals surface area contributed by atoms with Crippen LogP contribution in [0.4, 0.5) is 0 Å². The van der Waals surface area contributed by atoms with Gasteiger partial charge in [-0.15, -0.1) is 19.0 Å². The lowest BCUT2D eigenvalue weighted by Gasteiger charge is -2.32. The molecular weight excluding hydrogens is 374 g/mol. The molecule has 0 atom stereocenters. The van der Waals surface area contributed by atoms with Crippen LogP contribution >= 0.6 is 12.4 Å². The van der Waals surface area contributed by atoms with Crippen LogP contribution in [-0.2, 0) is 19.9 Å². The van der Waals surface area contributed by atoms with E-state index in [2.05, 4.69) is 25.3 Å². The molecule has 0 radical (unpaired) electrons. The van der Waals surface area contributed by atoms with Gasteiger partial charge < -0.3 is 14.4 Å². The topological polar surface area (TPSA) is 38.8 Å². The molecule has 28 heavy (non-hydrogen) atoms. The number of ether oxygens (including phenoxy) is 2. The smallest absolute Gasteiger partial charge is 0.347 e. The van der Waals surface area contributed by atoms with Gasteiger partial charge in [-0.05, 0) is 24.2 Å². The molecule has 0 heterocycles. The maximum atomic E-state index is 13.3. The number of benzene rings is 2. The van der Waals surface area contributed by atoms with E-state index in [0.29, 0.717) is 13.2 Å². The average Bonchev–Trinajstić information content (AvgIpc) is 2.73. The first-order valence-electron chi connectivity index (χ1n) is 9.44. The van der Waals surface area contributed by atoms with Crippen molar-refractivity contribution in [2.24, 2.45) is 0 Å². The predicted molar refractivity (Wildman–Crippen MR) is 116 cm³/mol. The molecule has 2 aromatic rings. The van der Waals surface area contributed by atoms with Crippen LogP contribution in [0.15, 0.2) is 73.3 Å². The number of esters is 1. The lowest BCUT2D eigenvalue weighted by Crippen LogP contribution is -2.42. The minimum absolute atomic E-state index is 0. The molecule has 0 saturated carbocycles. The number of likely N-dealkylation sites (N-methyl/N-ethyl adjacent to an activating group) is 1. The zero-order valence-corrected chi connectivity index (χ0v) is 17.5. The van der Waals surface area contributed by atoms with Crippen LogP contribution in [0.25, 0.3) is 0 Å². The summed E-state index contributed by atoms with van der Waals surface area (Å²) in [6.07, 6.45) is 1.64. The predicted octanol–water partition coefficient (Wildman–Crippen LogP) is 4.44. The number of carbonyl (C=O) groups excluding carboxylic acids is 1. The Morgan fingerprint density at radius 2 is 1.50 bits per heavy atom. The van der Waals surface area contributed by atoms with Crippen molar-refractivity contribution in [1.29, 1.82) is 0 Å². The zero-order chi connectivity index (χ0) is 19.5. The molecule has 0 amide bonds. The number of halogens is 1. The van der Waals surface area contributed by atoms with Crippen LogP contribution < -0.4 is 0 Å². The van der Waals surface area contributed by atoms with E-state index in [1.807, 2.05) is 60.7 Å². The van der Waals surface area contributed by atoms with Gasteiger partial charge >= 0.3 is 5.97 Å². The van der Waals surface area contributed by atoms with Crippen molar-refractivity contribution in [2.75, 3.05) is 32.8 Å². The lowest BCUT2D eigenvalue weighted by atomic mass is 9.86. The number of carbonyl (C=O) groups is 1. The molecule has 4 nitrogen and oxygen atoms in total. The minimum atomic E-state index is -1.32. The molecule has 5 heteroatoms. The molecule has 0 aromatic heterocycles. The Morgan fingerprint density at radius 1 is 1.00 bits per heavy atom. The second-order valence-corrected chi connectivity index (χ2v) is 6.18. The summed E-state index contributed by atoms with van der Waals surface area (Å²) < 4.78 is 11.8. The number of nitrogens with zero attached hydrogens (tertiary/aromatic N) is 1. The van der Waals surface area contributed by atoms with Crippen molar-refractivity contribution >= 4 is 18.4 Å². The van der Waals surface area contributed by atoms with Gasteiger partial charge in [-0.1, -0.05) is 80.6 Å². The largest absolute Gasteiger partial charge is 0.462 e. The third-order valence-corrected chi connectivity index (χ3v) is 4.60. The third-order valence-electron chi connectivity index (χ3n) is 4.60. The summed E-state index contributed by atoms with van der Waals surface area (Å²) in [6, 6.07) is 19.0. The summed E-state index contributed by atoms with van der Waals surface area (Å²) in [7, 11) is 0. The third kappa shape index (κ3) is 5.68. The van der Waals surface area contributed by atoms with E-state index in [-0.39, 0.29) is 19.0 Å². The Balaban J connectivity index is 0.00000392. The molecule has 152 valence electrons. The summed E-state index contributed by atoms with van der Waals surface area (Å²) in [6.45, 7) is 11.0. The summed E-state index contributed by atoms with van der Waals surface area (Å²) in [5.74, 6) is -0.408. The highest BCUT2D eigenvalue weighted by Gasteiger charge is 2.44. The second-order valence-electron chi connectivity index (χ2n) is 6.18. The summed E-state index contributed by atoms with van der Waals surface area (Å²) in [5.41, 5.74) is 0.164. The Bertz CT molecular complexity index is 663. The first-order chi connectivity index (χ1) is 13.2. The van der Waals surface area contributed by atoms with E-state index in [1.54, 1.807) is 6.08 Å². The van der Waals surface area contributed by atoms with E-state index in [4.69, 9.17) is 9.47 Å². The van der Waals surface area contributed by atoms with Crippen molar-refractivity contribution in [3.05, 3.63) is 84.4 Å². The fraction of sp³-hybridized carbons (Fsp3) is 0.348. The van der Waals surface area contributed by atoms with Crippen molar-refractivity contribution in [2.45, 2.75) is 19.4 Å². The Hall–Kier alpha value is -2.14.